The van der Waals surface area contributed by atoms with Gasteiger partial charge in [-0.1, -0.05) is 18.2 Å². The summed E-state index contributed by atoms with van der Waals surface area (Å²) in [6.45, 7) is 2.48. The minimum atomic E-state index is -0.696. The van der Waals surface area contributed by atoms with E-state index >= 15 is 0 Å². The number of aromatic hydroxyl groups is 1. The molecule has 0 unspecified atom stereocenters. The van der Waals surface area contributed by atoms with Crippen molar-refractivity contribution in [2.75, 3.05) is 20.1 Å². The Morgan fingerprint density at radius 2 is 1.70 bits per heavy atom. The summed E-state index contributed by atoms with van der Waals surface area (Å²) in [4.78, 5) is 52.3. The second-order valence-electron chi connectivity index (χ2n) is 14.3. The fourth-order valence-electron chi connectivity index (χ4n) is 7.97. The van der Waals surface area contributed by atoms with E-state index in [0.29, 0.717) is 49.6 Å². The van der Waals surface area contributed by atoms with Gasteiger partial charge in [0.1, 0.15) is 28.7 Å². The van der Waals surface area contributed by atoms with Crippen molar-refractivity contribution in [1.29, 1.82) is 0 Å². The Morgan fingerprint density at radius 1 is 0.907 bits per heavy atom. The fraction of sp³-hybridized carbons (Fsp3) is 0.325. The van der Waals surface area contributed by atoms with Gasteiger partial charge in [0.05, 0.1) is 17.3 Å². The van der Waals surface area contributed by atoms with Crippen molar-refractivity contribution in [1.82, 2.24) is 39.0 Å². The van der Waals surface area contributed by atoms with E-state index in [0.717, 1.165) is 54.9 Å². The van der Waals surface area contributed by atoms with E-state index in [1.165, 1.54) is 38.1 Å². The third-order valence-corrected chi connectivity index (χ3v) is 10.8. The van der Waals surface area contributed by atoms with Crippen LogP contribution in [0.1, 0.15) is 60.6 Å². The molecule has 0 atom stereocenters. The number of hydrogen-bond acceptors (Lipinski definition) is 8. The third kappa shape index (κ3) is 6.90. The fourth-order valence-corrected chi connectivity index (χ4v) is 7.97. The molecule has 2 aromatic carbocycles. The van der Waals surface area contributed by atoms with Gasteiger partial charge in [-0.2, -0.15) is 0 Å². The van der Waals surface area contributed by atoms with E-state index in [1.54, 1.807) is 18.2 Å². The number of pyridine rings is 2. The zero-order chi connectivity index (χ0) is 37.5. The number of nitrogens with zero attached hydrogens (tertiary/aromatic N) is 6. The highest BCUT2D eigenvalue weighted by Crippen LogP contribution is 2.32. The van der Waals surface area contributed by atoms with Gasteiger partial charge in [-0.15, -0.1) is 0 Å². The minimum Gasteiger partial charge on any atom is -0.508 e. The Labute approximate surface area is 308 Å². The summed E-state index contributed by atoms with van der Waals surface area (Å²) in [7, 11) is 1.98. The second-order valence-corrected chi connectivity index (χ2v) is 14.3. The number of hydrogen-bond donors (Lipinski definition) is 3. The standard InChI is InChI=1S/C40H40F2N8O4/c1-43-28-13-15-47(16-14-28)21-25-18-32(51)10-11-33(25)24-3-2-4-31(17-24)49-37-34(19-27(42)20-44-37)39(53)50(40(49)54)30-8-6-29(7-9-30)45-38(52)35-23-48-22-26(41)5-12-36(48)46-35/h2-5,10-12,17-20,22-23,28-30,43,51H,6-9,13-16,21H2,1H3,(H,45,52)/t29-,30+. The van der Waals surface area contributed by atoms with E-state index in [2.05, 4.69) is 25.5 Å². The molecular weight excluding hydrogens is 694 g/mol. The molecule has 0 radical (unpaired) electrons. The quantitative estimate of drug-likeness (QED) is 0.200. The lowest BCUT2D eigenvalue weighted by Gasteiger charge is -2.32. The number of imidazole rings is 1. The SMILES string of the molecule is CNC1CCN(Cc2cc(O)ccc2-c2cccc(-n3c(=O)n([C@H]4CC[C@@H](NC(=O)c5cn6cc(F)ccc6n5)CC4)c(=O)c4cc(F)cnc43)c2)CC1. The van der Waals surface area contributed by atoms with Crippen molar-refractivity contribution in [3.8, 4) is 22.6 Å². The molecule has 1 amide bonds. The first-order valence-corrected chi connectivity index (χ1v) is 18.3. The van der Waals surface area contributed by atoms with Gasteiger partial charge >= 0.3 is 5.69 Å². The highest BCUT2D eigenvalue weighted by atomic mass is 19.1. The lowest BCUT2D eigenvalue weighted by molar-refractivity contribution is 0.0917. The average molecular weight is 735 g/mol. The lowest BCUT2D eigenvalue weighted by atomic mass is 9.90. The van der Waals surface area contributed by atoms with Gasteiger partial charge in [0.25, 0.3) is 11.5 Å². The highest BCUT2D eigenvalue weighted by molar-refractivity contribution is 5.93. The zero-order valence-corrected chi connectivity index (χ0v) is 29.7. The highest BCUT2D eigenvalue weighted by Gasteiger charge is 2.29. The molecule has 14 heteroatoms. The van der Waals surface area contributed by atoms with E-state index in [1.807, 2.05) is 31.3 Å². The van der Waals surface area contributed by atoms with Crippen LogP contribution in [0.15, 0.2) is 88.8 Å². The number of amides is 1. The molecule has 2 aliphatic rings. The van der Waals surface area contributed by atoms with Gasteiger partial charge in [0, 0.05) is 37.1 Å². The molecule has 3 N–H and O–H groups in total. The molecule has 278 valence electrons. The molecule has 0 bridgehead atoms. The van der Waals surface area contributed by atoms with Gasteiger partial charge in [0.2, 0.25) is 0 Å². The van der Waals surface area contributed by atoms with E-state index in [9.17, 15) is 28.3 Å². The molecule has 2 fully saturated rings. The van der Waals surface area contributed by atoms with Crippen molar-refractivity contribution in [2.24, 2.45) is 0 Å². The molecule has 8 rings (SSSR count). The normalized spacial score (nSPS) is 18.4. The Balaban J connectivity index is 1.09. The van der Waals surface area contributed by atoms with Crippen molar-refractivity contribution in [3.05, 3.63) is 123 Å². The Hall–Kier alpha value is -5.73. The Bertz CT molecular complexity index is 2500. The van der Waals surface area contributed by atoms with E-state index in [4.69, 9.17) is 0 Å². The maximum absolute atomic E-state index is 14.6. The summed E-state index contributed by atoms with van der Waals surface area (Å²) in [5.74, 6) is -1.38. The summed E-state index contributed by atoms with van der Waals surface area (Å²) < 4.78 is 32.3. The van der Waals surface area contributed by atoms with Crippen molar-refractivity contribution in [2.45, 2.75) is 63.2 Å². The molecule has 1 saturated heterocycles. The molecule has 0 spiro atoms. The molecular formula is C40H40F2N8O4. The maximum Gasteiger partial charge on any atom is 0.337 e. The molecule has 12 nitrogen and oxygen atoms in total. The van der Waals surface area contributed by atoms with Crippen molar-refractivity contribution < 1.29 is 18.7 Å². The third-order valence-electron chi connectivity index (χ3n) is 10.8. The van der Waals surface area contributed by atoms with Crippen LogP contribution in [0.4, 0.5) is 8.78 Å². The number of likely N-dealkylation sites (tertiary alicyclic amines) is 1. The van der Waals surface area contributed by atoms with Crippen LogP contribution in [-0.2, 0) is 6.54 Å². The van der Waals surface area contributed by atoms with Crippen LogP contribution in [0.3, 0.4) is 0 Å². The van der Waals surface area contributed by atoms with Gasteiger partial charge in [0.15, 0.2) is 5.65 Å². The molecule has 1 aliphatic carbocycles. The maximum atomic E-state index is 14.6. The predicted molar refractivity (Wildman–Crippen MR) is 200 cm³/mol. The van der Waals surface area contributed by atoms with Gasteiger partial charge < -0.3 is 20.1 Å². The van der Waals surface area contributed by atoms with Gasteiger partial charge in [-0.05, 0) is 118 Å². The van der Waals surface area contributed by atoms with Crippen LogP contribution in [0.5, 0.6) is 5.75 Å². The van der Waals surface area contributed by atoms with Crippen LogP contribution >= 0.6 is 0 Å². The number of fused-ring (bicyclic) bond motifs is 2. The molecule has 5 heterocycles. The van der Waals surface area contributed by atoms with Crippen molar-refractivity contribution >= 4 is 22.6 Å². The molecule has 54 heavy (non-hydrogen) atoms. The van der Waals surface area contributed by atoms with E-state index < -0.39 is 34.8 Å². The number of benzene rings is 2. The van der Waals surface area contributed by atoms with E-state index in [-0.39, 0.29) is 28.5 Å². The van der Waals surface area contributed by atoms with Gasteiger partial charge in [-0.3, -0.25) is 19.1 Å². The average Bonchev–Trinajstić information content (AvgIpc) is 3.60. The monoisotopic (exact) mass is 734 g/mol. The summed E-state index contributed by atoms with van der Waals surface area (Å²) >= 11 is 0. The number of nitrogens with one attached hydrogen (secondary N) is 2. The zero-order valence-electron chi connectivity index (χ0n) is 29.7. The van der Waals surface area contributed by atoms with Crippen LogP contribution < -0.4 is 21.9 Å². The number of carbonyl (C=O) groups is 1. The summed E-state index contributed by atoms with van der Waals surface area (Å²) in [6.07, 6.45) is 7.55. The number of aromatic nitrogens is 5. The first-order valence-electron chi connectivity index (χ1n) is 18.3. The van der Waals surface area contributed by atoms with Crippen LogP contribution in [0.25, 0.3) is 33.5 Å². The first-order chi connectivity index (χ1) is 26.1. The number of rotatable bonds is 8. The largest absolute Gasteiger partial charge is 0.508 e. The summed E-state index contributed by atoms with van der Waals surface area (Å²) in [5.41, 5.74) is 2.53. The molecule has 1 aliphatic heterocycles. The van der Waals surface area contributed by atoms with Crippen LogP contribution in [-0.4, -0.2) is 71.6 Å². The molecule has 1 saturated carbocycles. The van der Waals surface area contributed by atoms with Gasteiger partial charge in [-0.25, -0.2) is 28.1 Å². The lowest BCUT2D eigenvalue weighted by Crippen LogP contribution is -2.45. The van der Waals surface area contributed by atoms with Crippen molar-refractivity contribution in [3.63, 3.8) is 0 Å². The molecule has 6 aromatic rings. The number of piperidine rings is 1. The minimum absolute atomic E-state index is 0.0194. The Kier molecular flexibility index (Phi) is 9.54. The smallest absolute Gasteiger partial charge is 0.337 e. The molecule has 4 aromatic heterocycles. The topological polar surface area (TPSA) is 139 Å². The second kappa shape index (κ2) is 14.6. The number of phenols is 1. The summed E-state index contributed by atoms with van der Waals surface area (Å²) in [5, 5.41) is 16.8. The Morgan fingerprint density at radius 3 is 2.48 bits per heavy atom. The predicted octanol–water partition coefficient (Wildman–Crippen LogP) is 4.94. The van der Waals surface area contributed by atoms with Crippen LogP contribution in [0, 0.1) is 11.6 Å². The van der Waals surface area contributed by atoms with Crippen LogP contribution in [0.2, 0.25) is 0 Å². The summed E-state index contributed by atoms with van der Waals surface area (Å²) in [6, 6.07) is 16.3. The number of carbonyl (C=O) groups excluding carboxylic acids is 1. The number of phenolic OH excluding ortho intramolecular Hbond substituents is 1. The number of halogens is 2. The first kappa shape index (κ1) is 35.3.